The summed E-state index contributed by atoms with van der Waals surface area (Å²) in [6.07, 6.45) is 2.01. The average Bonchev–Trinajstić information content (AvgIpc) is 2.38. The van der Waals surface area contributed by atoms with E-state index in [4.69, 9.17) is 5.73 Å². The molecule has 0 radical (unpaired) electrons. The summed E-state index contributed by atoms with van der Waals surface area (Å²) in [7, 11) is 0. The zero-order chi connectivity index (χ0) is 14.0. The van der Waals surface area contributed by atoms with Gasteiger partial charge in [0.05, 0.1) is 12.0 Å². The van der Waals surface area contributed by atoms with Crippen LogP contribution in [0.5, 0.6) is 0 Å². The Bertz CT molecular complexity index is 415. The van der Waals surface area contributed by atoms with Gasteiger partial charge in [0.15, 0.2) is 0 Å². The molecule has 1 unspecified atom stereocenters. The van der Waals surface area contributed by atoms with Gasteiger partial charge in [-0.05, 0) is 18.6 Å². The molecule has 0 aliphatic carbocycles. The second-order valence-electron chi connectivity index (χ2n) is 5.30. The van der Waals surface area contributed by atoms with Crippen molar-refractivity contribution in [2.24, 2.45) is 11.1 Å². The zero-order valence-electron chi connectivity index (χ0n) is 10.8. The summed E-state index contributed by atoms with van der Waals surface area (Å²) in [5, 5.41) is 0. The monoisotopic (exact) mass is 285 g/mol. The molecule has 1 atom stereocenters. The number of nitrogens with two attached hydrogens (primary N) is 1. The van der Waals surface area contributed by atoms with Crippen molar-refractivity contribution < 1.29 is 14.4 Å². The van der Waals surface area contributed by atoms with Crippen LogP contribution in [0.15, 0.2) is 0 Å². The fourth-order valence-electron chi connectivity index (χ4n) is 2.97. The van der Waals surface area contributed by atoms with Crippen LogP contribution in [0.1, 0.15) is 19.3 Å². The van der Waals surface area contributed by atoms with Gasteiger partial charge in [-0.25, -0.2) is 0 Å². The number of carbonyl (C=O) groups excluding carboxylic acids is 3. The molecule has 0 aromatic carbocycles. The number of likely N-dealkylation sites (tertiary alicyclic amines) is 2. The third-order valence-electron chi connectivity index (χ3n) is 3.84. The van der Waals surface area contributed by atoms with E-state index in [1.54, 1.807) is 4.90 Å². The summed E-state index contributed by atoms with van der Waals surface area (Å²) in [4.78, 5) is 38.1. The number of hydrogen-bond donors (Lipinski definition) is 2. The fraction of sp³-hybridized carbons (Fsp3) is 0.750. The van der Waals surface area contributed by atoms with Gasteiger partial charge >= 0.3 is 0 Å². The number of thiol groups is 1. The molecule has 19 heavy (non-hydrogen) atoms. The van der Waals surface area contributed by atoms with E-state index in [0.717, 1.165) is 12.8 Å². The lowest BCUT2D eigenvalue weighted by Crippen LogP contribution is -2.68. The van der Waals surface area contributed by atoms with E-state index in [-0.39, 0.29) is 18.4 Å². The molecule has 2 aliphatic rings. The van der Waals surface area contributed by atoms with Crippen molar-refractivity contribution >= 4 is 30.4 Å². The summed E-state index contributed by atoms with van der Waals surface area (Å²) in [6.45, 7) is 1.68. The average molecular weight is 285 g/mol. The lowest BCUT2D eigenvalue weighted by Gasteiger charge is -2.52. The van der Waals surface area contributed by atoms with Gasteiger partial charge in [0, 0.05) is 26.1 Å². The molecule has 2 fully saturated rings. The quantitative estimate of drug-likeness (QED) is 0.526. The molecule has 7 heteroatoms. The third kappa shape index (κ3) is 2.70. The largest absolute Gasteiger partial charge is 0.368 e. The van der Waals surface area contributed by atoms with Crippen molar-refractivity contribution in [1.29, 1.82) is 0 Å². The number of nitrogens with zero attached hydrogens (tertiary/aromatic N) is 2. The SMILES string of the molecule is NC(=O)CN1CC2(CCCN(C(=O)CCS)C2)C1=O. The summed E-state index contributed by atoms with van der Waals surface area (Å²) < 4.78 is 0. The van der Waals surface area contributed by atoms with Crippen LogP contribution in [0.4, 0.5) is 0 Å². The Morgan fingerprint density at radius 1 is 1.37 bits per heavy atom. The Morgan fingerprint density at radius 2 is 2.11 bits per heavy atom. The van der Waals surface area contributed by atoms with Crippen molar-refractivity contribution in [3.05, 3.63) is 0 Å². The van der Waals surface area contributed by atoms with Gasteiger partial charge in [0.2, 0.25) is 17.7 Å². The number of carbonyl (C=O) groups is 3. The number of piperidine rings is 1. The highest BCUT2D eigenvalue weighted by molar-refractivity contribution is 7.80. The second-order valence-corrected chi connectivity index (χ2v) is 5.75. The Kier molecular flexibility index (Phi) is 4.03. The molecule has 106 valence electrons. The third-order valence-corrected chi connectivity index (χ3v) is 4.06. The Labute approximate surface area is 117 Å². The van der Waals surface area contributed by atoms with Crippen LogP contribution < -0.4 is 5.73 Å². The topological polar surface area (TPSA) is 83.7 Å². The highest BCUT2D eigenvalue weighted by Crippen LogP contribution is 2.40. The van der Waals surface area contributed by atoms with E-state index >= 15 is 0 Å². The number of hydrogen-bond acceptors (Lipinski definition) is 4. The van der Waals surface area contributed by atoms with Crippen molar-refractivity contribution in [3.63, 3.8) is 0 Å². The molecule has 0 bridgehead atoms. The molecule has 6 nitrogen and oxygen atoms in total. The summed E-state index contributed by atoms with van der Waals surface area (Å²) in [5.74, 6) is 0.0243. The maximum atomic E-state index is 12.2. The zero-order valence-corrected chi connectivity index (χ0v) is 11.7. The van der Waals surface area contributed by atoms with E-state index in [9.17, 15) is 14.4 Å². The first kappa shape index (κ1) is 14.2. The maximum absolute atomic E-state index is 12.2. The molecule has 2 aliphatic heterocycles. The van der Waals surface area contributed by atoms with Gasteiger partial charge in [-0.2, -0.15) is 12.6 Å². The van der Waals surface area contributed by atoms with Crippen LogP contribution in [0.3, 0.4) is 0 Å². The molecule has 2 rings (SSSR count). The van der Waals surface area contributed by atoms with Gasteiger partial charge in [0.1, 0.15) is 0 Å². The Morgan fingerprint density at radius 3 is 2.68 bits per heavy atom. The first-order chi connectivity index (χ1) is 8.98. The van der Waals surface area contributed by atoms with Gasteiger partial charge < -0.3 is 15.5 Å². The standard InChI is InChI=1S/C12H19N3O3S/c13-9(16)6-15-8-12(11(15)18)3-1-4-14(7-12)10(17)2-5-19/h19H,1-8H2,(H2,13,16). The molecule has 2 heterocycles. The van der Waals surface area contributed by atoms with Crippen molar-refractivity contribution in [3.8, 4) is 0 Å². The highest BCUT2D eigenvalue weighted by Gasteiger charge is 2.54. The predicted octanol–water partition coefficient (Wildman–Crippen LogP) is -0.757. The first-order valence-corrected chi connectivity index (χ1v) is 7.08. The Balaban J connectivity index is 1.97. The normalized spacial score (nSPS) is 26.5. The lowest BCUT2D eigenvalue weighted by molar-refractivity contribution is -0.169. The molecule has 2 saturated heterocycles. The highest BCUT2D eigenvalue weighted by atomic mass is 32.1. The molecule has 3 amide bonds. The Hall–Kier alpha value is -1.24. The minimum Gasteiger partial charge on any atom is -0.368 e. The molecular formula is C12H19N3O3S. The van der Waals surface area contributed by atoms with Crippen LogP contribution >= 0.6 is 12.6 Å². The molecular weight excluding hydrogens is 266 g/mol. The predicted molar refractivity (Wildman–Crippen MR) is 72.5 cm³/mol. The molecule has 0 aromatic rings. The van der Waals surface area contributed by atoms with Gasteiger partial charge in [0.25, 0.3) is 0 Å². The first-order valence-electron chi connectivity index (χ1n) is 6.45. The van der Waals surface area contributed by atoms with E-state index < -0.39 is 11.3 Å². The van der Waals surface area contributed by atoms with Crippen molar-refractivity contribution in [2.75, 3.05) is 31.9 Å². The van der Waals surface area contributed by atoms with E-state index in [1.165, 1.54) is 4.90 Å². The van der Waals surface area contributed by atoms with Crippen LogP contribution in [-0.2, 0) is 14.4 Å². The number of primary amides is 1. The number of rotatable bonds is 4. The smallest absolute Gasteiger partial charge is 0.237 e. The van der Waals surface area contributed by atoms with Crippen molar-refractivity contribution in [2.45, 2.75) is 19.3 Å². The maximum Gasteiger partial charge on any atom is 0.237 e. The fourth-order valence-corrected chi connectivity index (χ4v) is 3.16. The van der Waals surface area contributed by atoms with E-state index in [1.807, 2.05) is 0 Å². The van der Waals surface area contributed by atoms with Gasteiger partial charge in [-0.15, -0.1) is 0 Å². The molecule has 0 saturated carbocycles. The number of β-lactam (4-membered cyclic amide) rings is 1. The number of amides is 3. The van der Waals surface area contributed by atoms with E-state index in [0.29, 0.717) is 31.8 Å². The van der Waals surface area contributed by atoms with Crippen LogP contribution in [0.25, 0.3) is 0 Å². The van der Waals surface area contributed by atoms with E-state index in [2.05, 4.69) is 12.6 Å². The summed E-state index contributed by atoms with van der Waals surface area (Å²) in [6, 6.07) is 0. The molecule has 1 spiro atoms. The summed E-state index contributed by atoms with van der Waals surface area (Å²) >= 11 is 4.06. The summed E-state index contributed by atoms with van der Waals surface area (Å²) in [5.41, 5.74) is 4.62. The lowest BCUT2D eigenvalue weighted by atomic mass is 9.72. The van der Waals surface area contributed by atoms with Crippen LogP contribution in [0, 0.1) is 5.41 Å². The van der Waals surface area contributed by atoms with Crippen LogP contribution in [-0.4, -0.2) is 59.5 Å². The van der Waals surface area contributed by atoms with Gasteiger partial charge in [-0.1, -0.05) is 0 Å². The molecule has 2 N–H and O–H groups in total. The second kappa shape index (κ2) is 5.40. The van der Waals surface area contributed by atoms with Gasteiger partial charge in [-0.3, -0.25) is 14.4 Å². The van der Waals surface area contributed by atoms with Crippen molar-refractivity contribution in [1.82, 2.24) is 9.80 Å². The minimum absolute atomic E-state index is 0.0226. The molecule has 0 aromatic heterocycles. The van der Waals surface area contributed by atoms with Crippen LogP contribution in [0.2, 0.25) is 0 Å². The minimum atomic E-state index is -0.498.